The molecule has 0 fully saturated rings. The van der Waals surface area contributed by atoms with Crippen molar-refractivity contribution in [1.82, 2.24) is 0 Å². The van der Waals surface area contributed by atoms with Crippen LogP contribution in [0.1, 0.15) is 5.76 Å². The molecule has 5 heteroatoms. The van der Waals surface area contributed by atoms with Crippen LogP contribution >= 0.6 is 12.4 Å². The van der Waals surface area contributed by atoms with E-state index in [1.807, 2.05) is 0 Å². The number of amidine groups is 1. The second-order valence-corrected chi connectivity index (χ2v) is 2.71. The van der Waals surface area contributed by atoms with Crippen molar-refractivity contribution < 1.29 is 8.81 Å². The number of hydrogen-bond acceptors (Lipinski definition) is 2. The zero-order valence-corrected chi connectivity index (χ0v) is 7.90. The van der Waals surface area contributed by atoms with Crippen molar-refractivity contribution in [2.45, 2.75) is 0 Å². The second-order valence-electron chi connectivity index (χ2n) is 2.71. The molecule has 74 valence electrons. The van der Waals surface area contributed by atoms with E-state index in [0.717, 1.165) is 0 Å². The fourth-order valence-corrected chi connectivity index (χ4v) is 1.15. The number of rotatable bonds is 1. The molecule has 0 aliphatic carbocycles. The van der Waals surface area contributed by atoms with Gasteiger partial charge in [-0.2, -0.15) is 0 Å². The quantitative estimate of drug-likeness (QED) is 0.565. The Hall–Kier alpha value is -1.55. The molecule has 3 nitrogen and oxygen atoms in total. The molecule has 2 aromatic rings. The van der Waals surface area contributed by atoms with Gasteiger partial charge in [-0.25, -0.2) is 4.39 Å². The van der Waals surface area contributed by atoms with Crippen molar-refractivity contribution in [3.63, 3.8) is 0 Å². The van der Waals surface area contributed by atoms with Crippen molar-refractivity contribution in [3.8, 4) is 0 Å². The Morgan fingerprint density at radius 2 is 2.07 bits per heavy atom. The van der Waals surface area contributed by atoms with Gasteiger partial charge in [0.05, 0.1) is 0 Å². The highest BCUT2D eigenvalue weighted by Gasteiger charge is 2.05. The number of nitrogens with two attached hydrogens (primary N) is 1. The van der Waals surface area contributed by atoms with E-state index in [0.29, 0.717) is 11.0 Å². The van der Waals surface area contributed by atoms with Gasteiger partial charge in [0.15, 0.2) is 11.6 Å². The number of nitrogen functional groups attached to an aromatic ring is 1. The topological polar surface area (TPSA) is 63.0 Å². The molecule has 0 aliphatic rings. The summed E-state index contributed by atoms with van der Waals surface area (Å²) in [5, 5.41) is 7.73. The van der Waals surface area contributed by atoms with Crippen molar-refractivity contribution in [3.05, 3.63) is 35.8 Å². The van der Waals surface area contributed by atoms with Crippen LogP contribution < -0.4 is 5.73 Å². The lowest BCUT2D eigenvalue weighted by Gasteiger charge is -1.87. The number of halogens is 2. The first-order valence-corrected chi connectivity index (χ1v) is 3.70. The Morgan fingerprint density at radius 1 is 1.36 bits per heavy atom. The van der Waals surface area contributed by atoms with Crippen LogP contribution in [-0.4, -0.2) is 5.84 Å². The maximum Gasteiger partial charge on any atom is 0.169 e. The van der Waals surface area contributed by atoms with E-state index in [1.165, 1.54) is 18.2 Å². The number of hydrogen-bond donors (Lipinski definition) is 2. The fraction of sp³-hybridized carbons (Fsp3) is 0. The maximum atomic E-state index is 12.7. The zero-order valence-electron chi connectivity index (χ0n) is 7.08. The first-order chi connectivity index (χ1) is 6.16. The van der Waals surface area contributed by atoms with Crippen LogP contribution in [-0.2, 0) is 0 Å². The highest BCUT2D eigenvalue weighted by molar-refractivity contribution is 5.96. The first-order valence-electron chi connectivity index (χ1n) is 3.70. The number of furan rings is 1. The van der Waals surface area contributed by atoms with Crippen LogP contribution in [0.2, 0.25) is 0 Å². The Morgan fingerprint density at radius 3 is 2.71 bits per heavy atom. The van der Waals surface area contributed by atoms with Crippen LogP contribution in [0, 0.1) is 11.2 Å². The molecule has 0 unspecified atom stereocenters. The smallest absolute Gasteiger partial charge is 0.169 e. The highest BCUT2D eigenvalue weighted by Crippen LogP contribution is 2.19. The van der Waals surface area contributed by atoms with E-state index in [1.54, 1.807) is 6.07 Å². The normalized spacial score (nSPS) is 9.79. The zero-order chi connectivity index (χ0) is 9.42. The van der Waals surface area contributed by atoms with Crippen molar-refractivity contribution in [2.75, 3.05) is 0 Å². The minimum atomic E-state index is -0.330. The molecule has 0 saturated carbocycles. The van der Waals surface area contributed by atoms with Crippen LogP contribution in [0.25, 0.3) is 11.0 Å². The fourth-order valence-electron chi connectivity index (χ4n) is 1.15. The summed E-state index contributed by atoms with van der Waals surface area (Å²) < 4.78 is 17.9. The van der Waals surface area contributed by atoms with Gasteiger partial charge in [0.25, 0.3) is 0 Å². The lowest BCUT2D eigenvalue weighted by Crippen LogP contribution is -2.09. The average Bonchev–Trinajstić information content (AvgIpc) is 2.46. The summed E-state index contributed by atoms with van der Waals surface area (Å²) in [6.45, 7) is 0. The summed E-state index contributed by atoms with van der Waals surface area (Å²) in [5.74, 6) is -0.222. The minimum Gasteiger partial charge on any atom is -0.453 e. The Kier molecular flexibility index (Phi) is 2.76. The molecular weight excluding hydrogens is 207 g/mol. The van der Waals surface area contributed by atoms with Crippen molar-refractivity contribution in [1.29, 1.82) is 5.41 Å². The summed E-state index contributed by atoms with van der Waals surface area (Å²) >= 11 is 0. The molecule has 3 N–H and O–H groups in total. The van der Waals surface area contributed by atoms with E-state index in [2.05, 4.69) is 0 Å². The molecule has 0 radical (unpaired) electrons. The third-order valence-corrected chi connectivity index (χ3v) is 1.74. The van der Waals surface area contributed by atoms with E-state index in [9.17, 15) is 4.39 Å². The lowest BCUT2D eigenvalue weighted by molar-refractivity contribution is 0.599. The van der Waals surface area contributed by atoms with Gasteiger partial charge >= 0.3 is 0 Å². The van der Waals surface area contributed by atoms with Crippen LogP contribution in [0.15, 0.2) is 28.7 Å². The Labute approximate surface area is 85.6 Å². The molecule has 2 rings (SSSR count). The molecule has 0 amide bonds. The highest BCUT2D eigenvalue weighted by atomic mass is 35.5. The standard InChI is InChI=1S/C9H7FN2O.ClH/c10-6-1-2-7-5(3-6)4-8(13-7)9(11)12;/h1-4H,(H3,11,12);1H. The van der Waals surface area contributed by atoms with Gasteiger partial charge in [0.2, 0.25) is 0 Å². The third-order valence-electron chi connectivity index (χ3n) is 1.74. The summed E-state index contributed by atoms with van der Waals surface area (Å²) in [6, 6.07) is 5.69. The van der Waals surface area contributed by atoms with Gasteiger partial charge in [0, 0.05) is 5.39 Å². The molecule has 0 saturated heterocycles. The molecular formula is C9H8ClFN2O. The van der Waals surface area contributed by atoms with E-state index in [4.69, 9.17) is 15.6 Å². The predicted molar refractivity (Wildman–Crippen MR) is 54.4 cm³/mol. The SMILES string of the molecule is Cl.N=C(N)c1cc2cc(F)ccc2o1. The average molecular weight is 215 g/mol. The van der Waals surface area contributed by atoms with Gasteiger partial charge in [-0.15, -0.1) is 12.4 Å². The molecule has 1 heterocycles. The molecule has 0 atom stereocenters. The van der Waals surface area contributed by atoms with E-state index >= 15 is 0 Å². The van der Waals surface area contributed by atoms with Crippen LogP contribution in [0.4, 0.5) is 4.39 Å². The number of nitrogens with one attached hydrogen (secondary N) is 1. The van der Waals surface area contributed by atoms with Gasteiger partial charge in [-0.1, -0.05) is 0 Å². The van der Waals surface area contributed by atoms with Crippen LogP contribution in [0.5, 0.6) is 0 Å². The molecule has 0 aliphatic heterocycles. The summed E-state index contributed by atoms with van der Waals surface area (Å²) in [4.78, 5) is 0. The molecule has 1 aromatic heterocycles. The Bertz CT molecular complexity index is 481. The Balaban J connectivity index is 0.000000980. The predicted octanol–water partition coefficient (Wildman–Crippen LogP) is 2.28. The molecule has 1 aromatic carbocycles. The van der Waals surface area contributed by atoms with Crippen LogP contribution in [0.3, 0.4) is 0 Å². The van der Waals surface area contributed by atoms with E-state index < -0.39 is 0 Å². The molecule has 0 bridgehead atoms. The first kappa shape index (κ1) is 10.5. The monoisotopic (exact) mass is 214 g/mol. The van der Waals surface area contributed by atoms with Gasteiger partial charge < -0.3 is 10.2 Å². The molecule has 14 heavy (non-hydrogen) atoms. The summed E-state index contributed by atoms with van der Waals surface area (Å²) in [7, 11) is 0. The summed E-state index contributed by atoms with van der Waals surface area (Å²) in [6.07, 6.45) is 0. The third kappa shape index (κ3) is 1.70. The lowest BCUT2D eigenvalue weighted by atomic mass is 10.2. The van der Waals surface area contributed by atoms with Crippen molar-refractivity contribution in [2.24, 2.45) is 5.73 Å². The van der Waals surface area contributed by atoms with Crippen molar-refractivity contribution >= 4 is 29.2 Å². The largest absolute Gasteiger partial charge is 0.453 e. The second kappa shape index (κ2) is 3.67. The van der Waals surface area contributed by atoms with Gasteiger partial charge in [-0.3, -0.25) is 5.41 Å². The minimum absolute atomic E-state index is 0. The number of fused-ring (bicyclic) bond motifs is 1. The molecule has 0 spiro atoms. The summed E-state index contributed by atoms with van der Waals surface area (Å²) in [5.41, 5.74) is 5.75. The van der Waals surface area contributed by atoms with Gasteiger partial charge in [-0.05, 0) is 24.3 Å². The number of benzene rings is 1. The van der Waals surface area contributed by atoms with Gasteiger partial charge in [0.1, 0.15) is 11.4 Å². The van der Waals surface area contributed by atoms with E-state index in [-0.39, 0.29) is 29.8 Å². The maximum absolute atomic E-state index is 12.7.